The van der Waals surface area contributed by atoms with Gasteiger partial charge in [0.15, 0.2) is 0 Å². The third kappa shape index (κ3) is 4.10. The molecule has 1 aromatic carbocycles. The Morgan fingerprint density at radius 1 is 1.45 bits per heavy atom. The molecule has 0 bridgehead atoms. The minimum atomic E-state index is -0.331. The van der Waals surface area contributed by atoms with Crippen molar-refractivity contribution in [3.05, 3.63) is 48.3 Å². The Balaban J connectivity index is 1.97. The van der Waals surface area contributed by atoms with Crippen molar-refractivity contribution in [2.24, 2.45) is 0 Å². The molecule has 2 rings (SSSR count). The van der Waals surface area contributed by atoms with Crippen LogP contribution in [0.15, 0.2) is 42.7 Å². The van der Waals surface area contributed by atoms with Gasteiger partial charge in [0.05, 0.1) is 19.2 Å². The minimum absolute atomic E-state index is 0.0905. The van der Waals surface area contributed by atoms with Crippen LogP contribution in [0.4, 0.5) is 10.5 Å². The third-order valence-corrected chi connectivity index (χ3v) is 2.74. The van der Waals surface area contributed by atoms with Gasteiger partial charge in [0.2, 0.25) is 0 Å². The first-order valence-electron chi connectivity index (χ1n) is 6.42. The fraction of sp³-hybridized carbons (Fsp3) is 0.286. The molecule has 6 heteroatoms. The second kappa shape index (κ2) is 6.72. The quantitative estimate of drug-likeness (QED) is 0.771. The number of benzene rings is 1. The fourth-order valence-electron chi connectivity index (χ4n) is 1.77. The minimum Gasteiger partial charge on any atom is -0.394 e. The molecule has 2 aromatic rings. The molecule has 0 spiro atoms. The van der Waals surface area contributed by atoms with Gasteiger partial charge < -0.3 is 15.7 Å². The van der Waals surface area contributed by atoms with E-state index in [1.54, 1.807) is 13.1 Å². The normalized spacial score (nSPS) is 11.9. The zero-order valence-corrected chi connectivity index (χ0v) is 11.3. The number of anilines is 1. The molecule has 1 heterocycles. The molecule has 0 saturated heterocycles. The van der Waals surface area contributed by atoms with Crippen molar-refractivity contribution in [2.75, 3.05) is 11.9 Å². The fourth-order valence-corrected chi connectivity index (χ4v) is 1.77. The molecular weight excluding hydrogens is 256 g/mol. The van der Waals surface area contributed by atoms with Crippen LogP contribution in [0.25, 0.3) is 0 Å². The third-order valence-electron chi connectivity index (χ3n) is 2.74. The van der Waals surface area contributed by atoms with Gasteiger partial charge in [-0.3, -0.25) is 4.68 Å². The number of aromatic nitrogens is 2. The Morgan fingerprint density at radius 2 is 2.30 bits per heavy atom. The lowest BCUT2D eigenvalue weighted by atomic mass is 10.2. The molecule has 6 nitrogen and oxygen atoms in total. The molecule has 0 aliphatic carbocycles. The molecule has 0 aliphatic rings. The lowest BCUT2D eigenvalue weighted by Gasteiger charge is -2.12. The summed E-state index contributed by atoms with van der Waals surface area (Å²) in [7, 11) is 0. The predicted molar refractivity (Wildman–Crippen MR) is 76.5 cm³/mol. The largest absolute Gasteiger partial charge is 0.394 e. The van der Waals surface area contributed by atoms with Gasteiger partial charge in [-0.05, 0) is 30.7 Å². The summed E-state index contributed by atoms with van der Waals surface area (Å²) in [6.07, 6.45) is 3.61. The zero-order chi connectivity index (χ0) is 14.4. The summed E-state index contributed by atoms with van der Waals surface area (Å²) in [6.45, 7) is 2.29. The second-order valence-electron chi connectivity index (χ2n) is 4.59. The van der Waals surface area contributed by atoms with E-state index >= 15 is 0 Å². The van der Waals surface area contributed by atoms with Crippen molar-refractivity contribution >= 4 is 11.7 Å². The highest BCUT2D eigenvalue weighted by Crippen LogP contribution is 2.11. The number of nitrogens with one attached hydrogen (secondary N) is 2. The molecule has 1 atom stereocenters. The summed E-state index contributed by atoms with van der Waals surface area (Å²) in [4.78, 5) is 11.7. The molecule has 0 fully saturated rings. The van der Waals surface area contributed by atoms with Crippen LogP contribution < -0.4 is 10.6 Å². The maximum absolute atomic E-state index is 11.7. The molecule has 0 unspecified atom stereocenters. The number of rotatable bonds is 5. The standard InChI is InChI=1S/C14H18N4O2/c1-11(10-19)16-14(20)17-13-5-2-4-12(8-13)9-18-7-3-6-15-18/h2-8,11,19H,9-10H2,1H3,(H2,16,17,20)/t11-/m0/s1. The van der Waals surface area contributed by atoms with Crippen LogP contribution in [0.1, 0.15) is 12.5 Å². The van der Waals surface area contributed by atoms with Gasteiger partial charge in [-0.15, -0.1) is 0 Å². The van der Waals surface area contributed by atoms with E-state index in [1.165, 1.54) is 0 Å². The maximum atomic E-state index is 11.7. The molecule has 106 valence electrons. The Labute approximate surface area is 117 Å². The average molecular weight is 274 g/mol. The number of aliphatic hydroxyl groups is 1. The van der Waals surface area contributed by atoms with E-state index in [0.717, 1.165) is 5.56 Å². The van der Waals surface area contributed by atoms with Crippen molar-refractivity contribution in [2.45, 2.75) is 19.5 Å². The number of amides is 2. The van der Waals surface area contributed by atoms with E-state index in [0.29, 0.717) is 12.2 Å². The molecule has 0 aliphatic heterocycles. The maximum Gasteiger partial charge on any atom is 0.319 e. The van der Waals surface area contributed by atoms with Crippen molar-refractivity contribution in [1.29, 1.82) is 0 Å². The second-order valence-corrected chi connectivity index (χ2v) is 4.59. The van der Waals surface area contributed by atoms with Crippen molar-refractivity contribution in [1.82, 2.24) is 15.1 Å². The van der Waals surface area contributed by atoms with E-state index in [2.05, 4.69) is 15.7 Å². The van der Waals surface area contributed by atoms with Crippen LogP contribution in [-0.4, -0.2) is 33.6 Å². The van der Waals surface area contributed by atoms with Crippen LogP contribution in [0.2, 0.25) is 0 Å². The summed E-state index contributed by atoms with van der Waals surface area (Å²) in [5, 5.41) is 18.4. The van der Waals surface area contributed by atoms with Crippen LogP contribution in [-0.2, 0) is 6.54 Å². The summed E-state index contributed by atoms with van der Waals surface area (Å²) >= 11 is 0. The first kappa shape index (κ1) is 14.1. The van der Waals surface area contributed by atoms with Crippen LogP contribution in [0.5, 0.6) is 0 Å². The first-order valence-corrected chi connectivity index (χ1v) is 6.42. The summed E-state index contributed by atoms with van der Waals surface area (Å²) in [5.74, 6) is 0. The Hall–Kier alpha value is -2.34. The Morgan fingerprint density at radius 3 is 3.00 bits per heavy atom. The van der Waals surface area contributed by atoms with E-state index in [-0.39, 0.29) is 18.7 Å². The van der Waals surface area contributed by atoms with Gasteiger partial charge in [-0.1, -0.05) is 12.1 Å². The molecule has 1 aromatic heterocycles. The van der Waals surface area contributed by atoms with Gasteiger partial charge in [-0.25, -0.2) is 4.79 Å². The number of carbonyl (C=O) groups is 1. The predicted octanol–water partition coefficient (Wildman–Crippen LogP) is 1.43. The first-order chi connectivity index (χ1) is 9.67. The molecule has 3 N–H and O–H groups in total. The number of hydrogen-bond donors (Lipinski definition) is 3. The van der Waals surface area contributed by atoms with Gasteiger partial charge in [0.1, 0.15) is 0 Å². The number of hydrogen-bond acceptors (Lipinski definition) is 3. The number of nitrogens with zero attached hydrogens (tertiary/aromatic N) is 2. The van der Waals surface area contributed by atoms with Gasteiger partial charge >= 0.3 is 6.03 Å². The number of aliphatic hydroxyl groups excluding tert-OH is 1. The summed E-state index contributed by atoms with van der Waals surface area (Å²) < 4.78 is 1.81. The smallest absolute Gasteiger partial charge is 0.319 e. The Bertz CT molecular complexity index is 554. The topological polar surface area (TPSA) is 79.2 Å². The average Bonchev–Trinajstić information content (AvgIpc) is 2.91. The van der Waals surface area contributed by atoms with E-state index in [9.17, 15) is 4.79 Å². The lowest BCUT2D eigenvalue weighted by molar-refractivity contribution is 0.229. The van der Waals surface area contributed by atoms with E-state index in [4.69, 9.17) is 5.11 Å². The number of urea groups is 1. The van der Waals surface area contributed by atoms with Gasteiger partial charge in [0, 0.05) is 18.1 Å². The molecule has 20 heavy (non-hydrogen) atoms. The SMILES string of the molecule is C[C@@H](CO)NC(=O)Nc1cccc(Cn2cccn2)c1. The molecular formula is C14H18N4O2. The lowest BCUT2D eigenvalue weighted by Crippen LogP contribution is -2.38. The molecule has 0 saturated carbocycles. The van der Waals surface area contributed by atoms with Crippen LogP contribution >= 0.6 is 0 Å². The summed E-state index contributed by atoms with van der Waals surface area (Å²) in [5.41, 5.74) is 1.75. The zero-order valence-electron chi connectivity index (χ0n) is 11.3. The highest BCUT2D eigenvalue weighted by molar-refractivity contribution is 5.89. The van der Waals surface area contributed by atoms with Gasteiger partial charge in [-0.2, -0.15) is 5.10 Å². The highest BCUT2D eigenvalue weighted by atomic mass is 16.3. The molecule has 2 amide bonds. The Kier molecular flexibility index (Phi) is 4.73. The van der Waals surface area contributed by atoms with E-state index in [1.807, 2.05) is 41.2 Å². The van der Waals surface area contributed by atoms with Crippen LogP contribution in [0, 0.1) is 0 Å². The monoisotopic (exact) mass is 274 g/mol. The highest BCUT2D eigenvalue weighted by Gasteiger charge is 2.06. The van der Waals surface area contributed by atoms with Crippen LogP contribution in [0.3, 0.4) is 0 Å². The molecule has 0 radical (unpaired) electrons. The van der Waals surface area contributed by atoms with Crippen molar-refractivity contribution in [3.63, 3.8) is 0 Å². The number of carbonyl (C=O) groups excluding carboxylic acids is 1. The van der Waals surface area contributed by atoms with Crippen molar-refractivity contribution < 1.29 is 9.90 Å². The van der Waals surface area contributed by atoms with E-state index < -0.39 is 0 Å². The van der Waals surface area contributed by atoms with Gasteiger partial charge in [0.25, 0.3) is 0 Å². The summed E-state index contributed by atoms with van der Waals surface area (Å²) in [6, 6.07) is 8.82. The van der Waals surface area contributed by atoms with Crippen molar-refractivity contribution in [3.8, 4) is 0 Å².